The Balaban J connectivity index is 0.000000178. The fraction of sp³-hybridized carbons (Fsp3) is 0.149. The minimum absolute atomic E-state index is 0.0694. The van der Waals surface area contributed by atoms with E-state index in [1.807, 2.05) is 4.90 Å². The van der Waals surface area contributed by atoms with Crippen molar-refractivity contribution >= 4 is 186 Å². The summed E-state index contributed by atoms with van der Waals surface area (Å²) in [4.78, 5) is 122. The van der Waals surface area contributed by atoms with E-state index in [0.717, 1.165) is 42.6 Å². The van der Waals surface area contributed by atoms with Crippen LogP contribution in [0.5, 0.6) is 23.0 Å². The van der Waals surface area contributed by atoms with Crippen molar-refractivity contribution < 1.29 is 57.3 Å². The molecular weight excluding hydrogens is 1800 g/mol. The van der Waals surface area contributed by atoms with Crippen LogP contribution in [0.1, 0.15) is 154 Å². The zero-order valence-corrected chi connectivity index (χ0v) is 75.2. The summed E-state index contributed by atoms with van der Waals surface area (Å²) in [6, 6.07) is 51.7. The number of likely N-dealkylation sites (tertiary alicyclic amines) is 1. The van der Waals surface area contributed by atoms with Crippen LogP contribution in [-0.4, -0.2) is 136 Å². The molecular formula is C94H80Cl8N14O12. The summed E-state index contributed by atoms with van der Waals surface area (Å²) >= 11 is 48.1. The number of rotatable bonds is 28. The molecule has 0 atom stereocenters. The number of Topliss-reactive ketones (excluding diaryl/α,β-unsaturated/α-hetero) is 4. The van der Waals surface area contributed by atoms with Crippen molar-refractivity contribution in [2.24, 2.45) is 5.73 Å². The van der Waals surface area contributed by atoms with Crippen LogP contribution in [0.2, 0.25) is 40.2 Å². The Kier molecular flexibility index (Phi) is 34.6. The number of anilines is 4. The summed E-state index contributed by atoms with van der Waals surface area (Å²) in [6.07, 6.45) is 7.53. The summed E-state index contributed by atoms with van der Waals surface area (Å²) in [5, 5.41) is 44.9. The van der Waals surface area contributed by atoms with Gasteiger partial charge in [-0.25, -0.2) is 19.9 Å². The smallest absolute Gasteiger partial charge is 0.257 e. The van der Waals surface area contributed by atoms with Crippen molar-refractivity contribution in [3.8, 4) is 23.0 Å². The summed E-state index contributed by atoms with van der Waals surface area (Å²) in [6.45, 7) is 5.12. The van der Waals surface area contributed by atoms with Gasteiger partial charge in [-0.15, -0.1) is 0 Å². The van der Waals surface area contributed by atoms with Gasteiger partial charge in [-0.3, -0.25) is 49.2 Å². The molecule has 0 spiro atoms. The fourth-order valence-electron chi connectivity index (χ4n) is 12.9. The predicted octanol–water partition coefficient (Wildman–Crippen LogP) is 20.8. The molecule has 1 aliphatic heterocycles. The zero-order chi connectivity index (χ0) is 92.6. The molecule has 1 fully saturated rings. The lowest BCUT2D eigenvalue weighted by molar-refractivity contribution is 0.0979. The van der Waals surface area contributed by atoms with Gasteiger partial charge in [0.2, 0.25) is 0 Å². The lowest BCUT2D eigenvalue weighted by Gasteiger charge is -2.18. The van der Waals surface area contributed by atoms with Gasteiger partial charge in [0.1, 0.15) is 57.9 Å². The highest BCUT2D eigenvalue weighted by Gasteiger charge is 2.28. The van der Waals surface area contributed by atoms with E-state index in [1.54, 1.807) is 184 Å². The first-order valence-corrected chi connectivity index (χ1v) is 41.7. The quantitative estimate of drug-likeness (QED) is 0.0125. The van der Waals surface area contributed by atoms with Crippen LogP contribution in [0.25, 0.3) is 0 Å². The molecule has 10 N–H and O–H groups in total. The van der Waals surface area contributed by atoms with E-state index < -0.39 is 23.6 Å². The Hall–Kier alpha value is -13.3. The highest BCUT2D eigenvalue weighted by atomic mass is 35.5. The van der Waals surface area contributed by atoms with Crippen molar-refractivity contribution in [3.63, 3.8) is 0 Å². The van der Waals surface area contributed by atoms with E-state index in [1.165, 1.54) is 77.5 Å². The van der Waals surface area contributed by atoms with E-state index in [0.29, 0.717) is 149 Å². The number of aromatic nitrogens is 4. The van der Waals surface area contributed by atoms with Gasteiger partial charge in [-0.1, -0.05) is 190 Å². The molecule has 1 aliphatic rings. The van der Waals surface area contributed by atoms with Gasteiger partial charge >= 0.3 is 0 Å². The molecule has 4 aromatic heterocycles. The zero-order valence-electron chi connectivity index (χ0n) is 69.2. The monoisotopic (exact) mass is 1880 g/mol. The molecule has 8 aromatic carbocycles. The number of ketones is 4. The Morgan fingerprint density at radius 2 is 0.539 bits per heavy atom. The molecule has 1 saturated heterocycles. The summed E-state index contributed by atoms with van der Waals surface area (Å²) in [5.74, 6) is 0.170. The lowest BCUT2D eigenvalue weighted by Crippen LogP contribution is -2.27. The molecule has 4 amide bonds. The number of carbonyl (C=O) groups is 8. The van der Waals surface area contributed by atoms with E-state index in [4.69, 9.17) is 139 Å². The van der Waals surface area contributed by atoms with Crippen LogP contribution < -0.4 is 45.9 Å². The van der Waals surface area contributed by atoms with Gasteiger partial charge in [0.15, 0.2) is 23.1 Å². The van der Waals surface area contributed by atoms with Gasteiger partial charge in [-0.05, 0) is 135 Å². The number of pyridine rings is 4. The van der Waals surface area contributed by atoms with Crippen molar-refractivity contribution in [3.05, 3.63) is 348 Å². The average molecular weight is 1880 g/mol. The Morgan fingerprint density at radius 3 is 0.742 bits per heavy atom. The molecule has 0 unspecified atom stereocenters. The number of nitrogen functional groups attached to an aromatic ring is 1. The Bertz CT molecular complexity index is 5750. The summed E-state index contributed by atoms with van der Waals surface area (Å²) in [5.41, 5.74) is 13.3. The molecule has 34 heteroatoms. The second-order valence-corrected chi connectivity index (χ2v) is 31.7. The number of hydrogen-bond donors (Lipinski definition) is 9. The molecule has 0 aliphatic carbocycles. The van der Waals surface area contributed by atoms with Gasteiger partial charge in [0.05, 0.1) is 48.5 Å². The third-order valence-electron chi connectivity index (χ3n) is 19.5. The topological polar surface area (TPSA) is 398 Å². The van der Waals surface area contributed by atoms with Gasteiger partial charge in [0, 0.05) is 173 Å². The summed E-state index contributed by atoms with van der Waals surface area (Å²) in [7, 11) is 5.79. The summed E-state index contributed by atoms with van der Waals surface area (Å²) < 4.78 is 21.6. The van der Waals surface area contributed by atoms with Crippen molar-refractivity contribution in [1.82, 2.24) is 24.8 Å². The minimum Gasteiger partial charge on any atom is -0.496 e. The Morgan fingerprint density at radius 1 is 0.320 bits per heavy atom. The van der Waals surface area contributed by atoms with Crippen molar-refractivity contribution in [2.45, 2.75) is 52.4 Å². The van der Waals surface area contributed by atoms with E-state index in [2.05, 4.69) is 41.2 Å². The molecule has 0 bridgehead atoms. The molecule has 0 saturated carbocycles. The number of benzene rings is 8. The maximum Gasteiger partial charge on any atom is 0.257 e. The number of ether oxygens (including phenoxy) is 4. The van der Waals surface area contributed by atoms with E-state index >= 15 is 0 Å². The maximum absolute atomic E-state index is 13.2. The molecule has 12 aromatic rings. The molecule has 0 radical (unpaired) electrons. The largest absolute Gasteiger partial charge is 0.496 e. The number of amides is 4. The number of carbonyl (C=O) groups excluding carboxylic acids is 8. The number of halogens is 8. The first-order chi connectivity index (χ1) is 61.2. The standard InChI is InChI=1S/C26H24Cl2N4O3.2C23H19Cl2N3O3.C22H18Cl2N4O3/c1-35-23-13-19(28)12-21(26(34)31-24-9-8-18(27)15-30-24)20(23)14-22(33)16-4-6-17(7-5-16)25(29)32-10-2-3-11-32;2*1-13(26)14-3-5-15(6-4-14)20(29)11-18-19(9-17(25)10-21(18)31-2)23(30)28-22-8-7-16(24)12-27-22;1-31-19-9-15(24)8-17(22(30)28-20-7-6-14(23)11-27-20)16(19)10-18(29)12-2-4-13(5-3-12)21(25)26/h4-9,12-13,15,29H,2-3,10-11,14H2,1H3,(H,30,31,34);2*3-10,12,26H,11H2,1-2H3,(H,27,28,30);2-9,11H,10H2,1H3,(H3,25,26)(H,27,28,30). The molecule has 13 rings (SSSR count). The van der Waals surface area contributed by atoms with Gasteiger partial charge < -0.3 is 61.7 Å². The van der Waals surface area contributed by atoms with E-state index in [9.17, 15) is 38.4 Å². The number of hydrogen-bond acceptors (Lipinski definition) is 20. The normalized spacial score (nSPS) is 11.1. The highest BCUT2D eigenvalue weighted by molar-refractivity contribution is 6.34. The SMILES string of the molecule is COc1cc(Cl)cc(C(=O)Nc2ccc(Cl)cn2)c1CC(=O)c1ccc(C(=N)N)cc1.COc1cc(Cl)cc(C(=O)Nc2ccc(Cl)cn2)c1CC(=O)c1ccc(C(=N)N2CCCC2)cc1.COc1cc(Cl)cc(C(=O)Nc2ccc(Cl)cn2)c1CC(=O)c1ccc(C(C)=N)cc1.COc1cc(Cl)cc(C(=O)Nc2ccc(Cl)cn2)c1CC(=O)c1ccc(C(C)=N)cc1. The van der Waals surface area contributed by atoms with Crippen LogP contribution >= 0.6 is 92.8 Å². The average Bonchev–Trinajstić information content (AvgIpc) is 0.876. The molecule has 128 heavy (non-hydrogen) atoms. The fourth-order valence-corrected chi connectivity index (χ4v) is 14.2. The maximum atomic E-state index is 13.2. The third-order valence-corrected chi connectivity index (χ3v) is 21.2. The second-order valence-electron chi connectivity index (χ2n) is 28.2. The van der Waals surface area contributed by atoms with E-state index in [-0.39, 0.29) is 81.9 Å². The lowest BCUT2D eigenvalue weighted by atomic mass is 9.96. The van der Waals surface area contributed by atoms with Crippen LogP contribution in [-0.2, 0) is 25.7 Å². The first kappa shape index (κ1) is 96.9. The number of nitrogens with two attached hydrogens (primary N) is 1. The predicted molar refractivity (Wildman–Crippen MR) is 502 cm³/mol. The van der Waals surface area contributed by atoms with Crippen LogP contribution in [0.4, 0.5) is 23.3 Å². The molecule has 654 valence electrons. The number of amidine groups is 2. The molecule has 5 heterocycles. The van der Waals surface area contributed by atoms with Gasteiger partial charge in [0.25, 0.3) is 23.6 Å². The van der Waals surface area contributed by atoms with Gasteiger partial charge in [-0.2, -0.15) is 0 Å². The molecule has 26 nitrogen and oxygen atoms in total. The second kappa shape index (κ2) is 45.7. The van der Waals surface area contributed by atoms with Crippen molar-refractivity contribution in [2.75, 3.05) is 62.8 Å². The third kappa shape index (κ3) is 26.7. The van der Waals surface area contributed by atoms with Crippen LogP contribution in [0.15, 0.2) is 219 Å². The minimum atomic E-state index is -0.495. The van der Waals surface area contributed by atoms with Crippen molar-refractivity contribution in [1.29, 1.82) is 21.6 Å². The first-order valence-electron chi connectivity index (χ1n) is 38.7. The Labute approximate surface area is 776 Å². The number of methoxy groups -OCH3 is 4. The van der Waals surface area contributed by atoms with Crippen LogP contribution in [0, 0.1) is 21.6 Å². The number of nitrogens with one attached hydrogen (secondary N) is 8. The van der Waals surface area contributed by atoms with Crippen LogP contribution in [0.3, 0.4) is 0 Å². The number of nitrogens with zero attached hydrogens (tertiary/aromatic N) is 5. The highest BCUT2D eigenvalue weighted by Crippen LogP contribution is 2.36.